The third-order valence-electron chi connectivity index (χ3n) is 2.93. The van der Waals surface area contributed by atoms with Gasteiger partial charge in [0.2, 0.25) is 0 Å². The summed E-state index contributed by atoms with van der Waals surface area (Å²) in [4.78, 5) is 14.2. The molecule has 0 spiro atoms. The van der Waals surface area contributed by atoms with E-state index in [-0.39, 0.29) is 11.9 Å². The Labute approximate surface area is 120 Å². The van der Waals surface area contributed by atoms with Crippen molar-refractivity contribution in [2.24, 2.45) is 0 Å². The largest absolute Gasteiger partial charge is 0.333 e. The zero-order chi connectivity index (χ0) is 12.4. The summed E-state index contributed by atoms with van der Waals surface area (Å²) in [5, 5.41) is 3.97. The Kier molecular flexibility index (Phi) is 4.27. The highest BCUT2D eigenvalue weighted by Crippen LogP contribution is 2.21. The first-order valence-corrected chi connectivity index (χ1v) is 7.02. The zero-order valence-electron chi connectivity index (χ0n) is 9.54. The zero-order valence-corrected chi connectivity index (χ0v) is 12.5. The molecule has 3 nitrogen and oxygen atoms in total. The van der Waals surface area contributed by atoms with E-state index in [0.29, 0.717) is 10.6 Å². The molecule has 1 atom stereocenters. The van der Waals surface area contributed by atoms with Gasteiger partial charge >= 0.3 is 0 Å². The van der Waals surface area contributed by atoms with Gasteiger partial charge in [0.25, 0.3) is 5.91 Å². The quantitative estimate of drug-likeness (QED) is 0.776. The van der Waals surface area contributed by atoms with Crippen molar-refractivity contribution in [3.05, 3.63) is 32.4 Å². The summed E-state index contributed by atoms with van der Waals surface area (Å²) in [7, 11) is 0. The number of nitrogens with zero attached hydrogens (tertiary/aromatic N) is 1. The number of carbonyl (C=O) groups is 1. The molecule has 0 unspecified atom stereocenters. The Hall–Kier alpha value is -0.330. The predicted octanol–water partition coefficient (Wildman–Crippen LogP) is 2.38. The van der Waals surface area contributed by atoms with E-state index < -0.39 is 0 Å². The minimum atomic E-state index is 0.0913. The van der Waals surface area contributed by atoms with Crippen LogP contribution in [-0.2, 0) is 0 Å². The summed E-state index contributed by atoms with van der Waals surface area (Å²) in [6, 6.07) is 5.66. The van der Waals surface area contributed by atoms with Crippen LogP contribution in [-0.4, -0.2) is 36.5 Å². The van der Waals surface area contributed by atoms with Crippen LogP contribution in [0.15, 0.2) is 18.2 Å². The molecule has 1 aliphatic rings. The van der Waals surface area contributed by atoms with Gasteiger partial charge in [-0.05, 0) is 47.7 Å². The summed E-state index contributed by atoms with van der Waals surface area (Å²) in [6.07, 6.45) is 0. The first kappa shape index (κ1) is 13.1. The first-order chi connectivity index (χ1) is 8.09. The number of halogens is 2. The Morgan fingerprint density at radius 3 is 3.00 bits per heavy atom. The van der Waals surface area contributed by atoms with E-state index in [9.17, 15) is 4.79 Å². The van der Waals surface area contributed by atoms with Gasteiger partial charge in [-0.15, -0.1) is 0 Å². The molecule has 0 aliphatic carbocycles. The maximum atomic E-state index is 12.3. The van der Waals surface area contributed by atoms with Crippen LogP contribution in [0.1, 0.15) is 17.3 Å². The van der Waals surface area contributed by atoms with E-state index in [1.807, 2.05) is 11.0 Å². The van der Waals surface area contributed by atoms with E-state index in [1.54, 1.807) is 12.1 Å². The molecule has 0 aromatic heterocycles. The Balaban J connectivity index is 2.21. The summed E-state index contributed by atoms with van der Waals surface area (Å²) in [6.45, 7) is 4.54. The molecule has 5 heteroatoms. The number of amides is 1. The smallest absolute Gasteiger partial charge is 0.254 e. The molecule has 1 heterocycles. The third kappa shape index (κ3) is 2.92. The van der Waals surface area contributed by atoms with Crippen LogP contribution in [0.25, 0.3) is 0 Å². The van der Waals surface area contributed by atoms with E-state index in [2.05, 4.69) is 34.8 Å². The van der Waals surface area contributed by atoms with Crippen LogP contribution >= 0.6 is 34.2 Å². The lowest BCUT2D eigenvalue weighted by Gasteiger charge is -2.34. The van der Waals surface area contributed by atoms with Crippen molar-refractivity contribution in [3.63, 3.8) is 0 Å². The molecular weight excluding hydrogens is 351 g/mol. The summed E-state index contributed by atoms with van der Waals surface area (Å²) >= 11 is 8.10. The van der Waals surface area contributed by atoms with Crippen LogP contribution in [0, 0.1) is 3.57 Å². The molecule has 2 rings (SSSR count). The first-order valence-electron chi connectivity index (χ1n) is 5.56. The van der Waals surface area contributed by atoms with Gasteiger partial charge in [0.15, 0.2) is 0 Å². The van der Waals surface area contributed by atoms with E-state index in [1.165, 1.54) is 0 Å². The van der Waals surface area contributed by atoms with E-state index >= 15 is 0 Å². The minimum Gasteiger partial charge on any atom is -0.333 e. The fourth-order valence-corrected chi connectivity index (χ4v) is 2.57. The fourth-order valence-electron chi connectivity index (χ4n) is 1.94. The van der Waals surface area contributed by atoms with E-state index in [0.717, 1.165) is 23.2 Å². The number of piperazine rings is 1. The second-order valence-corrected chi connectivity index (χ2v) is 5.75. The molecule has 1 amide bonds. The number of rotatable bonds is 1. The number of nitrogens with one attached hydrogen (secondary N) is 1. The van der Waals surface area contributed by atoms with Crippen LogP contribution in [0.2, 0.25) is 5.02 Å². The fraction of sp³-hybridized carbons (Fsp3) is 0.417. The Morgan fingerprint density at radius 2 is 2.35 bits per heavy atom. The molecule has 1 aliphatic heterocycles. The highest BCUT2D eigenvalue weighted by atomic mass is 127. The third-order valence-corrected chi connectivity index (χ3v) is 4.47. The van der Waals surface area contributed by atoms with Crippen molar-refractivity contribution < 1.29 is 4.79 Å². The van der Waals surface area contributed by atoms with Crippen molar-refractivity contribution in [3.8, 4) is 0 Å². The number of benzene rings is 1. The summed E-state index contributed by atoms with van der Waals surface area (Å²) < 4.78 is 0.915. The second-order valence-electron chi connectivity index (χ2n) is 4.18. The van der Waals surface area contributed by atoms with Gasteiger partial charge in [0, 0.05) is 34.8 Å². The predicted molar refractivity (Wildman–Crippen MR) is 77.5 cm³/mol. The van der Waals surface area contributed by atoms with Gasteiger partial charge in [-0.25, -0.2) is 0 Å². The number of carbonyl (C=O) groups excluding carboxylic acids is 1. The van der Waals surface area contributed by atoms with Gasteiger partial charge in [0.1, 0.15) is 0 Å². The van der Waals surface area contributed by atoms with Gasteiger partial charge < -0.3 is 10.2 Å². The highest BCUT2D eigenvalue weighted by molar-refractivity contribution is 14.1. The van der Waals surface area contributed by atoms with Crippen LogP contribution in [0.4, 0.5) is 0 Å². The maximum Gasteiger partial charge on any atom is 0.254 e. The second kappa shape index (κ2) is 5.54. The molecule has 1 aromatic carbocycles. The molecule has 1 saturated heterocycles. The monoisotopic (exact) mass is 364 g/mol. The van der Waals surface area contributed by atoms with Crippen molar-refractivity contribution in [1.29, 1.82) is 0 Å². The van der Waals surface area contributed by atoms with Crippen molar-refractivity contribution >= 4 is 40.1 Å². The molecule has 1 aromatic rings. The van der Waals surface area contributed by atoms with Gasteiger partial charge in [-0.2, -0.15) is 0 Å². The van der Waals surface area contributed by atoms with Crippen molar-refractivity contribution in [1.82, 2.24) is 10.2 Å². The standard InChI is InChI=1S/C12H14ClIN2O/c1-8-7-15-4-5-16(8)12(17)9-2-3-10(13)11(14)6-9/h2-3,6,8,15H,4-5,7H2,1H3/t8-/m1/s1. The average Bonchev–Trinajstić information content (AvgIpc) is 2.32. The number of hydrogen-bond acceptors (Lipinski definition) is 2. The molecule has 1 fully saturated rings. The lowest BCUT2D eigenvalue weighted by molar-refractivity contribution is 0.0655. The van der Waals surface area contributed by atoms with Gasteiger partial charge in [-0.3, -0.25) is 4.79 Å². The normalized spacial score (nSPS) is 20.4. The summed E-state index contributed by atoms with van der Waals surface area (Å²) in [5.41, 5.74) is 0.715. The molecular formula is C12H14ClIN2O. The number of hydrogen-bond donors (Lipinski definition) is 1. The SMILES string of the molecule is C[C@@H]1CNCCN1C(=O)c1ccc(Cl)c(I)c1. The van der Waals surface area contributed by atoms with Crippen LogP contribution in [0.3, 0.4) is 0 Å². The highest BCUT2D eigenvalue weighted by Gasteiger charge is 2.24. The van der Waals surface area contributed by atoms with Gasteiger partial charge in [-0.1, -0.05) is 11.6 Å². The topological polar surface area (TPSA) is 32.3 Å². The minimum absolute atomic E-state index is 0.0913. The van der Waals surface area contributed by atoms with Crippen molar-refractivity contribution in [2.75, 3.05) is 19.6 Å². The van der Waals surface area contributed by atoms with E-state index in [4.69, 9.17) is 11.6 Å². The lowest BCUT2D eigenvalue weighted by Crippen LogP contribution is -2.52. The Morgan fingerprint density at radius 1 is 1.59 bits per heavy atom. The molecule has 0 saturated carbocycles. The molecule has 0 radical (unpaired) electrons. The van der Waals surface area contributed by atoms with Crippen LogP contribution in [0.5, 0.6) is 0 Å². The Bertz CT molecular complexity index is 439. The lowest BCUT2D eigenvalue weighted by atomic mass is 10.1. The summed E-state index contributed by atoms with van der Waals surface area (Å²) in [5.74, 6) is 0.0913. The molecule has 17 heavy (non-hydrogen) atoms. The molecule has 92 valence electrons. The molecule has 0 bridgehead atoms. The maximum absolute atomic E-state index is 12.3. The molecule has 1 N–H and O–H groups in total. The average molecular weight is 365 g/mol. The van der Waals surface area contributed by atoms with Crippen molar-refractivity contribution in [2.45, 2.75) is 13.0 Å². The van der Waals surface area contributed by atoms with Gasteiger partial charge in [0.05, 0.1) is 5.02 Å². The van der Waals surface area contributed by atoms with Crippen LogP contribution < -0.4 is 5.32 Å².